The molecule has 0 aliphatic carbocycles. The first-order valence-electron chi connectivity index (χ1n) is 9.17. The predicted molar refractivity (Wildman–Crippen MR) is 102 cm³/mol. The normalized spacial score (nSPS) is 16.8. The Labute approximate surface area is 168 Å². The van der Waals surface area contributed by atoms with Crippen LogP contribution in [0.2, 0.25) is 0 Å². The van der Waals surface area contributed by atoms with Gasteiger partial charge in [-0.25, -0.2) is 18.4 Å². The SMILES string of the molecule is COCCOC(=O)C1=C(C)NC(C)=C(C(=O)OC(C)C)C1c1cc(F)ccc1F. The van der Waals surface area contributed by atoms with Gasteiger partial charge in [0.2, 0.25) is 0 Å². The summed E-state index contributed by atoms with van der Waals surface area (Å²) in [6.07, 6.45) is -0.440. The number of carbonyl (C=O) groups is 2. The van der Waals surface area contributed by atoms with Crippen LogP contribution in [-0.2, 0) is 23.8 Å². The molecule has 1 unspecified atom stereocenters. The first-order chi connectivity index (χ1) is 13.7. The molecule has 8 heteroatoms. The average molecular weight is 409 g/mol. The quantitative estimate of drug-likeness (QED) is 0.550. The number of methoxy groups -OCH3 is 1. The molecule has 0 saturated carbocycles. The van der Waals surface area contributed by atoms with E-state index >= 15 is 0 Å². The van der Waals surface area contributed by atoms with Gasteiger partial charge in [-0.15, -0.1) is 0 Å². The summed E-state index contributed by atoms with van der Waals surface area (Å²) >= 11 is 0. The van der Waals surface area contributed by atoms with Gasteiger partial charge in [0.1, 0.15) is 18.2 Å². The zero-order chi connectivity index (χ0) is 21.7. The predicted octanol–water partition coefficient (Wildman–Crippen LogP) is 3.34. The molecule has 6 nitrogen and oxygen atoms in total. The van der Waals surface area contributed by atoms with E-state index in [1.54, 1.807) is 27.7 Å². The second-order valence-corrected chi connectivity index (χ2v) is 6.88. The van der Waals surface area contributed by atoms with Gasteiger partial charge in [-0.05, 0) is 45.9 Å². The van der Waals surface area contributed by atoms with E-state index < -0.39 is 35.6 Å². The van der Waals surface area contributed by atoms with Crippen LogP contribution in [0.4, 0.5) is 8.78 Å². The maximum absolute atomic E-state index is 14.7. The molecule has 0 spiro atoms. The van der Waals surface area contributed by atoms with Crippen LogP contribution in [0.15, 0.2) is 40.7 Å². The summed E-state index contributed by atoms with van der Waals surface area (Å²) in [5.74, 6) is -4.13. The van der Waals surface area contributed by atoms with Gasteiger partial charge in [0.05, 0.1) is 29.8 Å². The van der Waals surface area contributed by atoms with E-state index in [9.17, 15) is 18.4 Å². The molecular weight excluding hydrogens is 384 g/mol. The molecule has 0 saturated heterocycles. The number of ether oxygens (including phenoxy) is 3. The van der Waals surface area contributed by atoms with E-state index in [-0.39, 0.29) is 29.9 Å². The standard InChI is InChI=1S/C21H25F2NO5/c1-11(2)29-21(26)18-13(4)24-12(3)17(20(25)28-9-8-27-5)19(18)15-10-14(22)6-7-16(15)23/h6-7,10-11,19,24H,8-9H2,1-5H3. The van der Waals surface area contributed by atoms with E-state index in [1.807, 2.05) is 0 Å². The van der Waals surface area contributed by atoms with Crippen molar-refractivity contribution in [2.24, 2.45) is 0 Å². The minimum Gasteiger partial charge on any atom is -0.460 e. The third-order valence-corrected chi connectivity index (χ3v) is 4.33. The van der Waals surface area contributed by atoms with Gasteiger partial charge in [0.15, 0.2) is 0 Å². The number of esters is 2. The number of rotatable bonds is 7. The first kappa shape index (κ1) is 22.5. The summed E-state index contributed by atoms with van der Waals surface area (Å²) in [4.78, 5) is 25.6. The summed E-state index contributed by atoms with van der Waals surface area (Å²) in [6, 6.07) is 2.89. The van der Waals surface area contributed by atoms with Crippen LogP contribution in [0.1, 0.15) is 39.2 Å². The molecule has 0 fully saturated rings. The van der Waals surface area contributed by atoms with E-state index in [0.717, 1.165) is 18.2 Å². The van der Waals surface area contributed by atoms with E-state index in [1.165, 1.54) is 7.11 Å². The average Bonchev–Trinajstić information content (AvgIpc) is 2.62. The number of allylic oxidation sites excluding steroid dienone is 2. The third-order valence-electron chi connectivity index (χ3n) is 4.33. The van der Waals surface area contributed by atoms with Gasteiger partial charge in [0, 0.05) is 24.1 Å². The smallest absolute Gasteiger partial charge is 0.337 e. The summed E-state index contributed by atoms with van der Waals surface area (Å²) < 4.78 is 44.0. The molecule has 2 rings (SSSR count). The molecule has 1 aromatic carbocycles. The van der Waals surface area contributed by atoms with Crippen molar-refractivity contribution in [3.05, 3.63) is 57.9 Å². The molecule has 0 aromatic heterocycles. The Morgan fingerprint density at radius 2 is 1.69 bits per heavy atom. The highest BCUT2D eigenvalue weighted by Gasteiger charge is 2.39. The largest absolute Gasteiger partial charge is 0.460 e. The van der Waals surface area contributed by atoms with Crippen LogP contribution in [0.5, 0.6) is 0 Å². The maximum atomic E-state index is 14.7. The Morgan fingerprint density at radius 3 is 2.28 bits per heavy atom. The van der Waals surface area contributed by atoms with Gasteiger partial charge in [-0.1, -0.05) is 0 Å². The zero-order valence-corrected chi connectivity index (χ0v) is 17.1. The lowest BCUT2D eigenvalue weighted by molar-refractivity contribution is -0.143. The molecule has 1 aromatic rings. The number of hydrogen-bond acceptors (Lipinski definition) is 6. The number of benzene rings is 1. The van der Waals surface area contributed by atoms with Crippen molar-refractivity contribution in [1.29, 1.82) is 0 Å². The minimum atomic E-state index is -1.19. The number of nitrogens with one attached hydrogen (secondary N) is 1. The van der Waals surface area contributed by atoms with Crippen molar-refractivity contribution < 1.29 is 32.6 Å². The summed E-state index contributed by atoms with van der Waals surface area (Å²) in [7, 11) is 1.46. The Hall–Kier alpha value is -2.74. The van der Waals surface area contributed by atoms with Crippen LogP contribution in [-0.4, -0.2) is 38.4 Å². The fraction of sp³-hybridized carbons (Fsp3) is 0.429. The van der Waals surface area contributed by atoms with Crippen LogP contribution >= 0.6 is 0 Å². The Balaban J connectivity index is 2.61. The zero-order valence-electron chi connectivity index (χ0n) is 17.1. The van der Waals surface area contributed by atoms with Crippen LogP contribution in [0.25, 0.3) is 0 Å². The monoisotopic (exact) mass is 409 g/mol. The molecule has 158 valence electrons. The lowest BCUT2D eigenvalue weighted by atomic mass is 9.80. The topological polar surface area (TPSA) is 73.9 Å². The minimum absolute atomic E-state index is 0.00640. The second-order valence-electron chi connectivity index (χ2n) is 6.88. The Bertz CT molecular complexity index is 861. The van der Waals surface area contributed by atoms with Crippen LogP contribution in [0, 0.1) is 11.6 Å². The molecule has 1 heterocycles. The van der Waals surface area contributed by atoms with Gasteiger partial charge >= 0.3 is 11.9 Å². The van der Waals surface area contributed by atoms with Crippen LogP contribution < -0.4 is 5.32 Å². The van der Waals surface area contributed by atoms with E-state index in [0.29, 0.717) is 11.4 Å². The second kappa shape index (κ2) is 9.65. The fourth-order valence-corrected chi connectivity index (χ4v) is 3.15. The highest BCUT2D eigenvalue weighted by Crippen LogP contribution is 2.40. The molecular formula is C21H25F2NO5. The molecule has 1 aliphatic heterocycles. The molecule has 1 N–H and O–H groups in total. The van der Waals surface area contributed by atoms with Gasteiger partial charge in [-0.3, -0.25) is 0 Å². The molecule has 0 amide bonds. The van der Waals surface area contributed by atoms with Crippen LogP contribution in [0.3, 0.4) is 0 Å². The molecule has 29 heavy (non-hydrogen) atoms. The van der Waals surface area contributed by atoms with Crippen molar-refractivity contribution in [2.45, 2.75) is 39.7 Å². The molecule has 0 bridgehead atoms. The number of hydrogen-bond donors (Lipinski definition) is 1. The fourth-order valence-electron chi connectivity index (χ4n) is 3.15. The summed E-state index contributed by atoms with van der Waals surface area (Å²) in [5.41, 5.74) is 0.633. The van der Waals surface area contributed by atoms with Gasteiger partial charge in [0.25, 0.3) is 0 Å². The van der Waals surface area contributed by atoms with Crippen molar-refractivity contribution in [3.63, 3.8) is 0 Å². The highest BCUT2D eigenvalue weighted by molar-refractivity contribution is 6.00. The lowest BCUT2D eigenvalue weighted by Crippen LogP contribution is -2.33. The maximum Gasteiger partial charge on any atom is 0.337 e. The van der Waals surface area contributed by atoms with Crippen molar-refractivity contribution >= 4 is 11.9 Å². The third kappa shape index (κ3) is 5.20. The first-order valence-corrected chi connectivity index (χ1v) is 9.17. The lowest BCUT2D eigenvalue weighted by Gasteiger charge is -2.31. The van der Waals surface area contributed by atoms with E-state index in [2.05, 4.69) is 5.32 Å². The highest BCUT2D eigenvalue weighted by atomic mass is 19.1. The molecule has 1 aliphatic rings. The van der Waals surface area contributed by atoms with Crippen molar-refractivity contribution in [2.75, 3.05) is 20.3 Å². The van der Waals surface area contributed by atoms with Crippen molar-refractivity contribution in [3.8, 4) is 0 Å². The summed E-state index contributed by atoms with van der Waals surface area (Å²) in [6.45, 7) is 6.69. The van der Waals surface area contributed by atoms with Gasteiger partial charge in [-0.2, -0.15) is 0 Å². The number of halogens is 2. The number of dihydropyridines is 1. The number of carbonyl (C=O) groups excluding carboxylic acids is 2. The summed E-state index contributed by atoms with van der Waals surface area (Å²) in [5, 5.41) is 2.95. The molecule has 1 atom stereocenters. The van der Waals surface area contributed by atoms with Gasteiger partial charge < -0.3 is 19.5 Å². The Kier molecular flexibility index (Phi) is 7.50. The Morgan fingerprint density at radius 1 is 1.07 bits per heavy atom. The van der Waals surface area contributed by atoms with Crippen molar-refractivity contribution in [1.82, 2.24) is 5.32 Å². The van der Waals surface area contributed by atoms with E-state index in [4.69, 9.17) is 14.2 Å². The molecule has 0 radical (unpaired) electrons.